The van der Waals surface area contributed by atoms with Gasteiger partial charge in [-0.25, -0.2) is 9.38 Å². The average Bonchev–Trinajstić information content (AvgIpc) is 3.17. The molecular weight excluding hydrogens is 468 g/mol. The smallest absolute Gasteiger partial charge is 0.396 e. The van der Waals surface area contributed by atoms with Gasteiger partial charge in [0.2, 0.25) is 0 Å². The number of ketones is 1. The quantitative estimate of drug-likeness (QED) is 0.481. The molecule has 35 heavy (non-hydrogen) atoms. The summed E-state index contributed by atoms with van der Waals surface area (Å²) in [7, 11) is 1.78. The molecule has 1 aromatic carbocycles. The van der Waals surface area contributed by atoms with Crippen molar-refractivity contribution in [3.05, 3.63) is 58.6 Å². The molecule has 0 bridgehead atoms. The van der Waals surface area contributed by atoms with E-state index in [0.29, 0.717) is 50.7 Å². The molecule has 2 aliphatic rings. The van der Waals surface area contributed by atoms with Gasteiger partial charge >= 0.3 is 6.18 Å². The number of rotatable bonds is 10. The predicted octanol–water partition coefficient (Wildman–Crippen LogP) is 3.88. The van der Waals surface area contributed by atoms with E-state index in [4.69, 9.17) is 5.11 Å². The molecule has 0 spiro atoms. The van der Waals surface area contributed by atoms with E-state index in [1.165, 1.54) is 13.0 Å². The largest absolute Gasteiger partial charge is 0.419 e. The van der Waals surface area contributed by atoms with E-state index in [0.717, 1.165) is 11.6 Å². The number of fused-ring (bicyclic) bond motifs is 1. The van der Waals surface area contributed by atoms with Crippen LogP contribution in [0.1, 0.15) is 56.2 Å². The number of aliphatic hydroxyl groups excluding tert-OH is 1. The van der Waals surface area contributed by atoms with Crippen LogP contribution < -0.4 is 5.32 Å². The third kappa shape index (κ3) is 6.34. The Morgan fingerprint density at radius 2 is 1.94 bits per heavy atom. The highest BCUT2D eigenvalue weighted by Gasteiger charge is 2.36. The van der Waals surface area contributed by atoms with E-state index in [1.807, 2.05) is 0 Å². The Kier molecular flexibility index (Phi) is 8.44. The van der Waals surface area contributed by atoms with Gasteiger partial charge in [0.1, 0.15) is 24.1 Å². The van der Waals surface area contributed by atoms with Gasteiger partial charge < -0.3 is 10.4 Å². The van der Waals surface area contributed by atoms with Gasteiger partial charge in [-0.05, 0) is 43.9 Å². The van der Waals surface area contributed by atoms with Crippen LogP contribution in [0.4, 0.5) is 17.6 Å². The molecular formula is C24H28F4N4O3. The number of alkyl halides is 3. The van der Waals surface area contributed by atoms with Crippen LogP contribution in [0.15, 0.2) is 46.6 Å². The predicted molar refractivity (Wildman–Crippen MR) is 121 cm³/mol. The van der Waals surface area contributed by atoms with Crippen molar-refractivity contribution in [1.29, 1.82) is 0 Å². The normalized spacial score (nSPS) is 16.9. The summed E-state index contributed by atoms with van der Waals surface area (Å²) in [6.45, 7) is 1.75. The summed E-state index contributed by atoms with van der Waals surface area (Å²) >= 11 is 0. The molecule has 2 N–H and O–H groups in total. The van der Waals surface area contributed by atoms with Gasteiger partial charge in [-0.1, -0.05) is 12.1 Å². The molecule has 0 fully saturated rings. The molecule has 190 valence electrons. The molecule has 1 atom stereocenters. The summed E-state index contributed by atoms with van der Waals surface area (Å²) in [5.74, 6) is -1.29. The fourth-order valence-corrected chi connectivity index (χ4v) is 3.95. The van der Waals surface area contributed by atoms with Crippen LogP contribution in [0.3, 0.4) is 0 Å². The Hall–Kier alpha value is -3.05. The Balaban J connectivity index is 1.74. The van der Waals surface area contributed by atoms with Gasteiger partial charge in [0.25, 0.3) is 5.91 Å². The van der Waals surface area contributed by atoms with Crippen LogP contribution in [0.25, 0.3) is 0 Å². The molecule has 0 unspecified atom stereocenters. The number of amides is 1. The van der Waals surface area contributed by atoms with Crippen molar-refractivity contribution in [2.45, 2.75) is 51.2 Å². The highest BCUT2D eigenvalue weighted by atomic mass is 19.4. The minimum absolute atomic E-state index is 0.0406. The van der Waals surface area contributed by atoms with Gasteiger partial charge in [0.05, 0.1) is 17.2 Å². The number of Topliss-reactive ketones (excluding diaryl/α,β-unsaturated/α-hetero) is 1. The number of hydrogen-bond donors (Lipinski definition) is 2. The van der Waals surface area contributed by atoms with Crippen molar-refractivity contribution in [1.82, 2.24) is 15.3 Å². The third-order valence-corrected chi connectivity index (χ3v) is 5.81. The van der Waals surface area contributed by atoms with E-state index >= 15 is 0 Å². The number of nitrogens with one attached hydrogen (secondary N) is 1. The molecule has 0 aromatic heterocycles. The molecule has 1 aromatic rings. The molecule has 11 heteroatoms. The van der Waals surface area contributed by atoms with E-state index in [-0.39, 0.29) is 23.5 Å². The van der Waals surface area contributed by atoms with Crippen LogP contribution in [-0.2, 0) is 15.8 Å². The summed E-state index contributed by atoms with van der Waals surface area (Å²) in [5.41, 5.74) is -0.674. The fraction of sp³-hybridized carbons (Fsp3) is 0.458. The number of halogens is 4. The lowest BCUT2D eigenvalue weighted by molar-refractivity contribution is -0.140. The van der Waals surface area contributed by atoms with Crippen LogP contribution in [0, 0.1) is 5.82 Å². The van der Waals surface area contributed by atoms with E-state index in [9.17, 15) is 27.2 Å². The van der Waals surface area contributed by atoms with Gasteiger partial charge in [-0.2, -0.15) is 18.2 Å². The number of benzene rings is 1. The molecule has 2 aliphatic heterocycles. The van der Waals surface area contributed by atoms with Gasteiger partial charge in [-0.15, -0.1) is 0 Å². The molecule has 0 aliphatic carbocycles. The molecule has 3 rings (SSSR count). The molecule has 0 saturated carbocycles. The van der Waals surface area contributed by atoms with Crippen LogP contribution in [-0.4, -0.2) is 53.0 Å². The minimum Gasteiger partial charge on any atom is -0.396 e. The Labute approximate surface area is 200 Å². The van der Waals surface area contributed by atoms with Gasteiger partial charge in [0, 0.05) is 38.3 Å². The molecule has 7 nitrogen and oxygen atoms in total. The van der Waals surface area contributed by atoms with Crippen LogP contribution in [0.2, 0.25) is 0 Å². The SMILES string of the molecule is C[C@@H](NC(=O)C1=CN2C(=NCN2C)C(CCCC(=O)CCCO)=C1)c1cccc(C(F)(F)F)c1F. The second-order valence-electron chi connectivity index (χ2n) is 8.50. The zero-order chi connectivity index (χ0) is 25.8. The van der Waals surface area contributed by atoms with Crippen molar-refractivity contribution in [2.24, 2.45) is 4.99 Å². The first-order valence-electron chi connectivity index (χ1n) is 11.3. The van der Waals surface area contributed by atoms with Gasteiger partial charge in [0.15, 0.2) is 0 Å². The molecule has 0 saturated heterocycles. The average molecular weight is 497 g/mol. The molecule has 2 heterocycles. The topological polar surface area (TPSA) is 85.2 Å². The number of aliphatic hydroxyl groups is 1. The Morgan fingerprint density at radius 1 is 1.23 bits per heavy atom. The molecule has 1 amide bonds. The van der Waals surface area contributed by atoms with Crippen molar-refractivity contribution in [3.63, 3.8) is 0 Å². The minimum atomic E-state index is -4.84. The number of hydrazine groups is 1. The first-order chi connectivity index (χ1) is 16.5. The second-order valence-corrected chi connectivity index (χ2v) is 8.50. The van der Waals surface area contributed by atoms with Crippen LogP contribution >= 0.6 is 0 Å². The summed E-state index contributed by atoms with van der Waals surface area (Å²) in [6, 6.07) is 1.95. The lowest BCUT2D eigenvalue weighted by Crippen LogP contribution is -2.39. The van der Waals surface area contributed by atoms with Crippen molar-refractivity contribution >= 4 is 17.5 Å². The second kappa shape index (κ2) is 11.1. The Morgan fingerprint density at radius 3 is 2.63 bits per heavy atom. The van der Waals surface area contributed by atoms with Crippen LogP contribution in [0.5, 0.6) is 0 Å². The molecule has 0 radical (unpaired) electrons. The fourth-order valence-electron chi connectivity index (χ4n) is 3.95. The number of nitrogens with zero attached hydrogens (tertiary/aromatic N) is 3. The number of carbonyl (C=O) groups excluding carboxylic acids is 2. The Bertz CT molecular complexity index is 1070. The number of hydrogen-bond acceptors (Lipinski definition) is 6. The maximum atomic E-state index is 14.5. The highest BCUT2D eigenvalue weighted by molar-refractivity contribution is 6.06. The van der Waals surface area contributed by atoms with Gasteiger partial charge in [-0.3, -0.25) is 14.6 Å². The van der Waals surface area contributed by atoms with E-state index in [1.54, 1.807) is 29.3 Å². The monoisotopic (exact) mass is 496 g/mol. The maximum absolute atomic E-state index is 14.5. The maximum Gasteiger partial charge on any atom is 0.419 e. The standard InChI is InChI=1S/C24H28F4N4O3/c1-15(19-9-4-10-20(21(19)25)24(26,27)28)30-23(35)17-12-16(6-3-7-18(34)8-5-11-33)22-29-14-31(2)32(22)13-17/h4,9-10,12-13,15,33H,3,5-8,11,14H2,1-2H3,(H,30,35)/t15-/m1/s1. The summed E-state index contributed by atoms with van der Waals surface area (Å²) in [5, 5.41) is 14.9. The summed E-state index contributed by atoms with van der Waals surface area (Å²) < 4.78 is 53.7. The van der Waals surface area contributed by atoms with E-state index < -0.39 is 29.5 Å². The van der Waals surface area contributed by atoms with E-state index in [2.05, 4.69) is 10.3 Å². The third-order valence-electron chi connectivity index (χ3n) is 5.81. The van der Waals surface area contributed by atoms with Crippen molar-refractivity contribution < 1.29 is 32.3 Å². The van der Waals surface area contributed by atoms with Crippen molar-refractivity contribution in [3.8, 4) is 0 Å². The zero-order valence-electron chi connectivity index (χ0n) is 19.5. The summed E-state index contributed by atoms with van der Waals surface area (Å²) in [6.07, 6.45) is 0.432. The first-order valence-corrected chi connectivity index (χ1v) is 11.3. The summed E-state index contributed by atoms with van der Waals surface area (Å²) in [4.78, 5) is 29.4. The number of carbonyl (C=O) groups is 2. The first kappa shape index (κ1) is 26.6. The number of amidine groups is 1. The lowest BCUT2D eigenvalue weighted by atomic mass is 9.99. The zero-order valence-corrected chi connectivity index (χ0v) is 19.5. The highest BCUT2D eigenvalue weighted by Crippen LogP contribution is 2.34. The lowest BCUT2D eigenvalue weighted by Gasteiger charge is -2.29. The van der Waals surface area contributed by atoms with Crippen molar-refractivity contribution in [2.75, 3.05) is 20.3 Å². The number of aliphatic imine (C=N–C) groups is 1.